The lowest BCUT2D eigenvalue weighted by Crippen LogP contribution is -2.37. The number of aromatic nitrogens is 1. The molecule has 0 bridgehead atoms. The Kier molecular flexibility index (Phi) is 5.96. The third-order valence-electron chi connectivity index (χ3n) is 4.26. The standard InChI is InChI=1S/C19H22ClN3O3/c1-13-11-17(23-7-9-25-10-8-23)21-14(2)18(13)22-19(24)26-12-15-5-3-4-6-16(15)20/h3-6,11H,7-10,12H2,1-2H3,(H,22,24). The summed E-state index contributed by atoms with van der Waals surface area (Å²) in [4.78, 5) is 19.0. The molecule has 1 saturated heterocycles. The summed E-state index contributed by atoms with van der Waals surface area (Å²) in [6.07, 6.45) is -0.531. The lowest BCUT2D eigenvalue weighted by atomic mass is 10.2. The van der Waals surface area contributed by atoms with Crippen LogP contribution in [0.5, 0.6) is 0 Å². The Morgan fingerprint density at radius 3 is 2.73 bits per heavy atom. The number of rotatable bonds is 4. The number of hydrogen-bond acceptors (Lipinski definition) is 5. The van der Waals surface area contributed by atoms with Crippen molar-refractivity contribution in [2.45, 2.75) is 20.5 Å². The van der Waals surface area contributed by atoms with Crippen molar-refractivity contribution in [2.24, 2.45) is 0 Å². The molecule has 1 aliphatic heterocycles. The van der Waals surface area contributed by atoms with Crippen LogP contribution in [-0.2, 0) is 16.1 Å². The van der Waals surface area contributed by atoms with Gasteiger partial charge in [-0.1, -0.05) is 29.8 Å². The van der Waals surface area contributed by atoms with Crippen molar-refractivity contribution < 1.29 is 14.3 Å². The van der Waals surface area contributed by atoms with Gasteiger partial charge < -0.3 is 14.4 Å². The molecular weight excluding hydrogens is 354 g/mol. The molecule has 6 nitrogen and oxygen atoms in total. The number of morpholine rings is 1. The van der Waals surface area contributed by atoms with Gasteiger partial charge in [-0.15, -0.1) is 0 Å². The van der Waals surface area contributed by atoms with E-state index in [0.29, 0.717) is 23.9 Å². The molecule has 1 N–H and O–H groups in total. The summed E-state index contributed by atoms with van der Waals surface area (Å²) < 4.78 is 10.7. The van der Waals surface area contributed by atoms with Crippen molar-refractivity contribution in [3.05, 3.63) is 52.2 Å². The van der Waals surface area contributed by atoms with Gasteiger partial charge in [0.05, 0.1) is 24.6 Å². The average Bonchev–Trinajstić information content (AvgIpc) is 2.64. The summed E-state index contributed by atoms with van der Waals surface area (Å²) in [6.45, 7) is 6.98. The van der Waals surface area contributed by atoms with Crippen LogP contribution in [0.2, 0.25) is 5.02 Å². The van der Waals surface area contributed by atoms with Gasteiger partial charge in [0.15, 0.2) is 0 Å². The first-order valence-electron chi connectivity index (χ1n) is 8.52. The molecule has 0 unspecified atom stereocenters. The van der Waals surface area contributed by atoms with Crippen molar-refractivity contribution in [3.63, 3.8) is 0 Å². The molecule has 1 fully saturated rings. The average molecular weight is 376 g/mol. The molecule has 3 rings (SSSR count). The number of nitrogens with one attached hydrogen (secondary N) is 1. The molecule has 2 aromatic rings. The van der Waals surface area contributed by atoms with E-state index in [0.717, 1.165) is 35.7 Å². The van der Waals surface area contributed by atoms with Crippen LogP contribution in [-0.4, -0.2) is 37.4 Å². The first-order chi connectivity index (χ1) is 12.5. The highest BCUT2D eigenvalue weighted by molar-refractivity contribution is 6.31. The van der Waals surface area contributed by atoms with Crippen molar-refractivity contribution in [3.8, 4) is 0 Å². The summed E-state index contributed by atoms with van der Waals surface area (Å²) in [5, 5.41) is 3.36. The van der Waals surface area contributed by atoms with Crippen molar-refractivity contribution in [1.29, 1.82) is 0 Å². The predicted molar refractivity (Wildman–Crippen MR) is 102 cm³/mol. The fraction of sp³-hybridized carbons (Fsp3) is 0.368. The van der Waals surface area contributed by atoms with Crippen LogP contribution in [0.4, 0.5) is 16.3 Å². The van der Waals surface area contributed by atoms with Crippen LogP contribution in [0.25, 0.3) is 0 Å². The van der Waals surface area contributed by atoms with Crippen LogP contribution in [0.3, 0.4) is 0 Å². The zero-order chi connectivity index (χ0) is 18.5. The first kappa shape index (κ1) is 18.5. The van der Waals surface area contributed by atoms with E-state index in [2.05, 4.69) is 15.2 Å². The van der Waals surface area contributed by atoms with E-state index in [1.165, 1.54) is 0 Å². The quantitative estimate of drug-likeness (QED) is 0.876. The van der Waals surface area contributed by atoms with Crippen molar-refractivity contribution in [1.82, 2.24) is 4.98 Å². The molecule has 2 heterocycles. The van der Waals surface area contributed by atoms with Crippen LogP contribution in [0.1, 0.15) is 16.8 Å². The molecule has 1 aromatic carbocycles. The second-order valence-electron chi connectivity index (χ2n) is 6.15. The molecule has 1 aromatic heterocycles. The molecule has 0 saturated carbocycles. The Balaban J connectivity index is 1.65. The van der Waals surface area contributed by atoms with E-state index in [1.54, 1.807) is 6.07 Å². The molecule has 0 aliphatic carbocycles. The lowest BCUT2D eigenvalue weighted by Gasteiger charge is -2.28. The number of carbonyl (C=O) groups is 1. The van der Waals surface area contributed by atoms with Crippen LogP contribution in [0, 0.1) is 13.8 Å². The van der Waals surface area contributed by atoms with Gasteiger partial charge in [-0.2, -0.15) is 0 Å². The summed E-state index contributed by atoms with van der Waals surface area (Å²) in [5.74, 6) is 0.901. The molecule has 26 heavy (non-hydrogen) atoms. The summed E-state index contributed by atoms with van der Waals surface area (Å²) in [6, 6.07) is 9.25. The Morgan fingerprint density at radius 2 is 2.04 bits per heavy atom. The maximum absolute atomic E-state index is 12.2. The summed E-state index contributed by atoms with van der Waals surface area (Å²) in [5.41, 5.74) is 3.12. The third kappa shape index (κ3) is 4.45. The molecule has 7 heteroatoms. The van der Waals surface area contributed by atoms with Gasteiger partial charge in [-0.3, -0.25) is 5.32 Å². The number of amides is 1. The van der Waals surface area contributed by atoms with Gasteiger partial charge >= 0.3 is 6.09 Å². The van der Waals surface area contributed by atoms with Gasteiger partial charge in [-0.25, -0.2) is 9.78 Å². The Labute approximate surface area is 158 Å². The molecule has 0 radical (unpaired) electrons. The fourth-order valence-corrected chi connectivity index (χ4v) is 3.04. The molecule has 0 atom stereocenters. The van der Waals surface area contributed by atoms with Crippen molar-refractivity contribution >= 4 is 29.2 Å². The summed E-state index contributed by atoms with van der Waals surface area (Å²) in [7, 11) is 0. The normalized spacial score (nSPS) is 14.2. The van der Waals surface area contributed by atoms with E-state index >= 15 is 0 Å². The highest BCUT2D eigenvalue weighted by Gasteiger charge is 2.17. The topological polar surface area (TPSA) is 63.7 Å². The van der Waals surface area contributed by atoms with E-state index in [1.807, 2.05) is 38.1 Å². The number of anilines is 2. The Hall–Kier alpha value is -2.31. The van der Waals surface area contributed by atoms with Crippen LogP contribution < -0.4 is 10.2 Å². The van der Waals surface area contributed by atoms with E-state index in [-0.39, 0.29) is 6.61 Å². The van der Waals surface area contributed by atoms with Gasteiger partial charge in [0.2, 0.25) is 0 Å². The highest BCUT2D eigenvalue weighted by Crippen LogP contribution is 2.25. The number of aryl methyl sites for hydroxylation is 2. The fourth-order valence-electron chi connectivity index (χ4n) is 2.85. The van der Waals surface area contributed by atoms with Gasteiger partial charge in [-0.05, 0) is 31.5 Å². The first-order valence-corrected chi connectivity index (χ1v) is 8.90. The minimum Gasteiger partial charge on any atom is -0.444 e. The van der Waals surface area contributed by atoms with E-state index in [9.17, 15) is 4.79 Å². The predicted octanol–water partition coefficient (Wildman–Crippen LogP) is 3.94. The molecular formula is C19H22ClN3O3. The second-order valence-corrected chi connectivity index (χ2v) is 6.56. The van der Waals surface area contributed by atoms with Crippen LogP contribution >= 0.6 is 11.6 Å². The minimum absolute atomic E-state index is 0.114. The SMILES string of the molecule is Cc1cc(N2CCOCC2)nc(C)c1NC(=O)OCc1ccccc1Cl. The molecule has 1 aliphatic rings. The van der Waals surface area contributed by atoms with Crippen LogP contribution in [0.15, 0.2) is 30.3 Å². The lowest BCUT2D eigenvalue weighted by molar-refractivity contribution is 0.122. The zero-order valence-electron chi connectivity index (χ0n) is 14.9. The smallest absolute Gasteiger partial charge is 0.412 e. The number of benzene rings is 1. The number of carbonyl (C=O) groups excluding carboxylic acids is 1. The van der Waals surface area contributed by atoms with Gasteiger partial charge in [0.1, 0.15) is 12.4 Å². The molecule has 0 spiro atoms. The number of hydrogen-bond donors (Lipinski definition) is 1. The Morgan fingerprint density at radius 1 is 1.31 bits per heavy atom. The minimum atomic E-state index is -0.531. The van der Waals surface area contributed by atoms with Gasteiger partial charge in [0.25, 0.3) is 0 Å². The molecule has 1 amide bonds. The van der Waals surface area contributed by atoms with Gasteiger partial charge in [0, 0.05) is 23.7 Å². The zero-order valence-corrected chi connectivity index (χ0v) is 15.7. The number of pyridine rings is 1. The second kappa shape index (κ2) is 8.38. The van der Waals surface area contributed by atoms with E-state index in [4.69, 9.17) is 21.1 Å². The number of nitrogens with zero attached hydrogens (tertiary/aromatic N) is 2. The van der Waals surface area contributed by atoms with E-state index < -0.39 is 6.09 Å². The number of ether oxygens (including phenoxy) is 2. The maximum atomic E-state index is 12.2. The third-order valence-corrected chi connectivity index (χ3v) is 4.63. The Bertz CT molecular complexity index is 768. The largest absolute Gasteiger partial charge is 0.444 e. The highest BCUT2D eigenvalue weighted by atomic mass is 35.5. The number of halogens is 1. The summed E-state index contributed by atoms with van der Waals surface area (Å²) >= 11 is 6.07. The monoisotopic (exact) mass is 375 g/mol. The maximum Gasteiger partial charge on any atom is 0.412 e. The van der Waals surface area contributed by atoms with Crippen molar-refractivity contribution in [2.75, 3.05) is 36.5 Å². The molecule has 138 valence electrons.